The predicted molar refractivity (Wildman–Crippen MR) is 73.4 cm³/mol. The van der Waals surface area contributed by atoms with Gasteiger partial charge in [-0.05, 0) is 44.1 Å². The molecule has 2 aliphatic carbocycles. The fraction of sp³-hybridized carbons (Fsp3) is 0.800. The summed E-state index contributed by atoms with van der Waals surface area (Å²) in [7, 11) is 0. The Balaban J connectivity index is 1.66. The molecule has 1 aromatic heterocycles. The first-order chi connectivity index (χ1) is 8.65. The summed E-state index contributed by atoms with van der Waals surface area (Å²) in [5.74, 6) is 0.784. The van der Waals surface area contributed by atoms with Crippen LogP contribution in [0.4, 0.5) is 0 Å². The van der Waals surface area contributed by atoms with E-state index < -0.39 is 0 Å². The number of hydrogen-bond acceptors (Lipinski definition) is 2. The Morgan fingerprint density at radius 3 is 2.83 bits per heavy atom. The predicted octanol–water partition coefficient (Wildman–Crippen LogP) is 3.06. The molecule has 0 aliphatic heterocycles. The van der Waals surface area contributed by atoms with E-state index in [0.717, 1.165) is 25.2 Å². The van der Waals surface area contributed by atoms with Crippen molar-refractivity contribution in [3.8, 4) is 0 Å². The van der Waals surface area contributed by atoms with Crippen LogP contribution < -0.4 is 5.73 Å². The molecule has 3 nitrogen and oxygen atoms in total. The van der Waals surface area contributed by atoms with E-state index >= 15 is 0 Å². The van der Waals surface area contributed by atoms with Crippen LogP contribution in [-0.4, -0.2) is 15.3 Å². The van der Waals surface area contributed by atoms with Gasteiger partial charge in [0.05, 0.1) is 11.7 Å². The average Bonchev–Trinajstić information content (AvgIpc) is 2.99. The third kappa shape index (κ3) is 2.46. The Kier molecular flexibility index (Phi) is 3.18. The minimum atomic E-state index is 0.00821. The van der Waals surface area contributed by atoms with Crippen LogP contribution in [0.25, 0.3) is 0 Å². The van der Waals surface area contributed by atoms with Crippen LogP contribution in [0.3, 0.4) is 0 Å². The Morgan fingerprint density at radius 1 is 1.39 bits per heavy atom. The number of hydrogen-bond donors (Lipinski definition) is 1. The molecule has 2 aliphatic rings. The zero-order valence-electron chi connectivity index (χ0n) is 11.4. The highest BCUT2D eigenvalue weighted by molar-refractivity contribution is 5.08. The van der Waals surface area contributed by atoms with Gasteiger partial charge in [0, 0.05) is 18.2 Å². The molecule has 3 heteroatoms. The van der Waals surface area contributed by atoms with Crippen LogP contribution in [0.15, 0.2) is 12.3 Å². The number of nitrogens with zero attached hydrogens (tertiary/aromatic N) is 2. The maximum Gasteiger partial charge on any atom is 0.0643 e. The standard InChI is InChI=1S/C15H25N3/c1-12-6-8-15(16,10-12)11-13-7-9-18(17-13)14-4-2-3-5-14/h7,9,12,14H,2-6,8,10-11,16H2,1H3. The second-order valence-corrected chi connectivity index (χ2v) is 6.61. The maximum atomic E-state index is 6.49. The van der Waals surface area contributed by atoms with Crippen molar-refractivity contribution in [1.82, 2.24) is 9.78 Å². The number of nitrogens with two attached hydrogens (primary N) is 1. The smallest absolute Gasteiger partial charge is 0.0643 e. The zero-order chi connectivity index (χ0) is 12.6. The lowest BCUT2D eigenvalue weighted by molar-refractivity contribution is 0.406. The van der Waals surface area contributed by atoms with E-state index in [0.29, 0.717) is 6.04 Å². The van der Waals surface area contributed by atoms with Crippen LogP contribution in [0.2, 0.25) is 0 Å². The second kappa shape index (κ2) is 4.69. The quantitative estimate of drug-likeness (QED) is 0.892. The van der Waals surface area contributed by atoms with Gasteiger partial charge < -0.3 is 5.73 Å². The van der Waals surface area contributed by atoms with Crippen molar-refractivity contribution in [1.29, 1.82) is 0 Å². The highest BCUT2D eigenvalue weighted by Gasteiger charge is 2.34. The first-order valence-corrected chi connectivity index (χ1v) is 7.48. The molecule has 1 aromatic rings. The molecule has 0 aromatic carbocycles. The van der Waals surface area contributed by atoms with Gasteiger partial charge in [-0.1, -0.05) is 19.8 Å². The Morgan fingerprint density at radius 2 is 2.17 bits per heavy atom. The van der Waals surface area contributed by atoms with Crippen molar-refractivity contribution in [2.45, 2.75) is 69.9 Å². The monoisotopic (exact) mass is 247 g/mol. The van der Waals surface area contributed by atoms with Crippen molar-refractivity contribution in [2.24, 2.45) is 11.7 Å². The van der Waals surface area contributed by atoms with Crippen molar-refractivity contribution in [3.05, 3.63) is 18.0 Å². The molecule has 0 bridgehead atoms. The van der Waals surface area contributed by atoms with E-state index in [1.54, 1.807) is 0 Å². The summed E-state index contributed by atoms with van der Waals surface area (Å²) in [6.45, 7) is 2.31. The molecule has 0 radical (unpaired) electrons. The minimum absolute atomic E-state index is 0.00821. The largest absolute Gasteiger partial charge is 0.325 e. The molecule has 2 N–H and O–H groups in total. The normalized spacial score (nSPS) is 33.3. The molecule has 18 heavy (non-hydrogen) atoms. The topological polar surface area (TPSA) is 43.8 Å². The molecular formula is C15H25N3. The summed E-state index contributed by atoms with van der Waals surface area (Å²) < 4.78 is 2.18. The lowest BCUT2D eigenvalue weighted by atomic mass is 9.92. The average molecular weight is 247 g/mol. The molecule has 2 saturated carbocycles. The molecule has 2 fully saturated rings. The Bertz CT molecular complexity index is 406. The van der Waals surface area contributed by atoms with Crippen LogP contribution in [0, 0.1) is 5.92 Å². The SMILES string of the molecule is CC1CCC(N)(Cc2ccn(C3CCCC3)n2)C1. The molecule has 0 spiro atoms. The first-order valence-electron chi connectivity index (χ1n) is 7.48. The molecule has 3 rings (SSSR count). The molecular weight excluding hydrogens is 222 g/mol. The summed E-state index contributed by atoms with van der Waals surface area (Å²) in [6.07, 6.45) is 12.0. The van der Waals surface area contributed by atoms with Crippen LogP contribution >= 0.6 is 0 Å². The Labute approximate surface area is 110 Å². The van der Waals surface area contributed by atoms with E-state index in [9.17, 15) is 0 Å². The van der Waals surface area contributed by atoms with E-state index in [2.05, 4.69) is 23.9 Å². The fourth-order valence-electron chi connectivity index (χ4n) is 3.80. The van der Waals surface area contributed by atoms with Gasteiger partial charge in [0.25, 0.3) is 0 Å². The molecule has 0 saturated heterocycles. The van der Waals surface area contributed by atoms with Crippen molar-refractivity contribution in [2.75, 3.05) is 0 Å². The van der Waals surface area contributed by atoms with Gasteiger partial charge in [0.2, 0.25) is 0 Å². The molecule has 2 unspecified atom stereocenters. The second-order valence-electron chi connectivity index (χ2n) is 6.61. The highest BCUT2D eigenvalue weighted by atomic mass is 15.3. The van der Waals surface area contributed by atoms with Gasteiger partial charge in [0.1, 0.15) is 0 Å². The summed E-state index contributed by atoms with van der Waals surface area (Å²) in [6, 6.07) is 2.82. The number of rotatable bonds is 3. The van der Waals surface area contributed by atoms with Crippen molar-refractivity contribution < 1.29 is 0 Å². The molecule has 1 heterocycles. The third-order valence-electron chi connectivity index (χ3n) is 4.79. The third-order valence-corrected chi connectivity index (χ3v) is 4.79. The highest BCUT2D eigenvalue weighted by Crippen LogP contribution is 2.35. The van der Waals surface area contributed by atoms with E-state index in [1.807, 2.05) is 0 Å². The minimum Gasteiger partial charge on any atom is -0.325 e. The molecule has 2 atom stereocenters. The maximum absolute atomic E-state index is 6.49. The van der Waals surface area contributed by atoms with Crippen LogP contribution in [0.1, 0.15) is 63.6 Å². The van der Waals surface area contributed by atoms with Crippen molar-refractivity contribution >= 4 is 0 Å². The number of aromatic nitrogens is 2. The molecule has 100 valence electrons. The van der Waals surface area contributed by atoms with Gasteiger partial charge in [-0.3, -0.25) is 4.68 Å². The summed E-state index contributed by atoms with van der Waals surface area (Å²) >= 11 is 0. The lowest BCUT2D eigenvalue weighted by Gasteiger charge is -2.22. The van der Waals surface area contributed by atoms with E-state index in [1.165, 1.54) is 37.8 Å². The van der Waals surface area contributed by atoms with Gasteiger partial charge in [-0.15, -0.1) is 0 Å². The lowest BCUT2D eigenvalue weighted by Crippen LogP contribution is -2.39. The van der Waals surface area contributed by atoms with Gasteiger partial charge in [0.15, 0.2) is 0 Å². The first kappa shape index (κ1) is 12.2. The Hall–Kier alpha value is -0.830. The van der Waals surface area contributed by atoms with Crippen LogP contribution in [-0.2, 0) is 6.42 Å². The summed E-state index contributed by atoms with van der Waals surface area (Å²) in [5, 5.41) is 4.76. The molecule has 0 amide bonds. The summed E-state index contributed by atoms with van der Waals surface area (Å²) in [4.78, 5) is 0. The van der Waals surface area contributed by atoms with Gasteiger partial charge in [-0.25, -0.2) is 0 Å². The van der Waals surface area contributed by atoms with Gasteiger partial charge >= 0.3 is 0 Å². The van der Waals surface area contributed by atoms with E-state index in [-0.39, 0.29) is 5.54 Å². The zero-order valence-corrected chi connectivity index (χ0v) is 11.4. The van der Waals surface area contributed by atoms with Crippen molar-refractivity contribution in [3.63, 3.8) is 0 Å². The fourth-order valence-corrected chi connectivity index (χ4v) is 3.80. The summed E-state index contributed by atoms with van der Waals surface area (Å²) in [5.41, 5.74) is 7.70. The van der Waals surface area contributed by atoms with E-state index in [4.69, 9.17) is 10.8 Å². The van der Waals surface area contributed by atoms with Crippen LogP contribution in [0.5, 0.6) is 0 Å². The van der Waals surface area contributed by atoms with Gasteiger partial charge in [-0.2, -0.15) is 5.10 Å².